The van der Waals surface area contributed by atoms with Gasteiger partial charge in [0.2, 0.25) is 5.91 Å². The topological polar surface area (TPSA) is 96.5 Å². The van der Waals surface area contributed by atoms with E-state index >= 15 is 0 Å². The van der Waals surface area contributed by atoms with E-state index in [1.165, 1.54) is 0 Å². The fraction of sp³-hybridized carbons (Fsp3) is 0.636. The molecule has 9 nitrogen and oxygen atoms in total. The van der Waals surface area contributed by atoms with Gasteiger partial charge < -0.3 is 19.1 Å². The van der Waals surface area contributed by atoms with E-state index in [1.807, 2.05) is 20.1 Å². The number of aliphatic hydroxyl groups excluding tert-OH is 1. The molecule has 31 heavy (non-hydrogen) atoms. The Morgan fingerprint density at radius 2 is 2.00 bits per heavy atom. The third kappa shape index (κ3) is 4.04. The first kappa shape index (κ1) is 20.4. The van der Waals surface area contributed by atoms with E-state index in [1.54, 1.807) is 12.7 Å². The fourth-order valence-corrected chi connectivity index (χ4v) is 5.56. The quantitative estimate of drug-likeness (QED) is 0.720. The van der Waals surface area contributed by atoms with Crippen LogP contribution in [0.5, 0.6) is 0 Å². The molecule has 2 saturated heterocycles. The molecule has 0 aromatic carbocycles. The summed E-state index contributed by atoms with van der Waals surface area (Å²) in [4.78, 5) is 30.2. The van der Waals surface area contributed by atoms with Crippen LogP contribution >= 0.6 is 0 Å². The van der Waals surface area contributed by atoms with Gasteiger partial charge in [-0.2, -0.15) is 0 Å². The molecule has 0 aliphatic carbocycles. The van der Waals surface area contributed by atoms with Crippen molar-refractivity contribution < 1.29 is 9.90 Å². The molecule has 1 N–H and O–H groups in total. The summed E-state index contributed by atoms with van der Waals surface area (Å²) in [7, 11) is 0. The molecule has 0 unspecified atom stereocenters. The molecule has 5 heterocycles. The van der Waals surface area contributed by atoms with Gasteiger partial charge in [-0.05, 0) is 37.8 Å². The highest BCUT2D eigenvalue weighted by Crippen LogP contribution is 2.35. The number of carbonyl (C=O) groups is 1. The largest absolute Gasteiger partial charge is 0.395 e. The van der Waals surface area contributed by atoms with Gasteiger partial charge in [-0.15, -0.1) is 10.2 Å². The first-order valence-corrected chi connectivity index (χ1v) is 11.3. The Morgan fingerprint density at radius 1 is 1.16 bits per heavy atom. The van der Waals surface area contributed by atoms with Crippen molar-refractivity contribution >= 4 is 5.91 Å². The highest BCUT2D eigenvalue weighted by atomic mass is 16.3. The van der Waals surface area contributed by atoms with Crippen molar-refractivity contribution in [1.29, 1.82) is 0 Å². The van der Waals surface area contributed by atoms with Gasteiger partial charge in [-0.1, -0.05) is 6.07 Å². The zero-order chi connectivity index (χ0) is 21.4. The maximum Gasteiger partial charge on any atom is 0.255 e. The van der Waals surface area contributed by atoms with Crippen LogP contribution in [-0.2, 0) is 24.4 Å². The zero-order valence-electron chi connectivity index (χ0n) is 17.8. The van der Waals surface area contributed by atoms with Crippen LogP contribution in [0.4, 0.5) is 0 Å². The molecular formula is C22H30N6O3. The lowest BCUT2D eigenvalue weighted by Gasteiger charge is -2.43. The number of carbonyl (C=O) groups excluding carboxylic acids is 1. The molecule has 9 heteroatoms. The molecule has 3 aliphatic heterocycles. The number of likely N-dealkylation sites (tertiary alicyclic amines) is 2. The molecule has 2 fully saturated rings. The van der Waals surface area contributed by atoms with Crippen LogP contribution in [0.25, 0.3) is 0 Å². The van der Waals surface area contributed by atoms with Gasteiger partial charge in [0.1, 0.15) is 12.7 Å². The minimum Gasteiger partial charge on any atom is -0.395 e. The van der Waals surface area contributed by atoms with Crippen LogP contribution in [0.15, 0.2) is 29.6 Å². The SMILES string of the molecule is O=C(CCn1cnnc1)N1C[C@@H]2C[C@H](C1)c1ccc(CN3CCC[C@H]3CO)c(=O)n1C2. The number of aromatic nitrogens is 4. The summed E-state index contributed by atoms with van der Waals surface area (Å²) in [5.41, 5.74) is 1.97. The Bertz CT molecular complexity index is 988. The molecule has 2 bridgehead atoms. The van der Waals surface area contributed by atoms with Crippen LogP contribution in [0.2, 0.25) is 0 Å². The van der Waals surface area contributed by atoms with E-state index < -0.39 is 0 Å². The van der Waals surface area contributed by atoms with Crippen LogP contribution in [-0.4, -0.2) is 72.4 Å². The third-order valence-corrected chi connectivity index (χ3v) is 7.17. The Balaban J connectivity index is 1.29. The molecule has 1 amide bonds. The van der Waals surface area contributed by atoms with Crippen molar-refractivity contribution in [2.24, 2.45) is 5.92 Å². The molecule has 3 aliphatic rings. The number of piperidine rings is 1. The maximum atomic E-state index is 13.3. The van der Waals surface area contributed by atoms with Gasteiger partial charge in [0.05, 0.1) is 6.61 Å². The van der Waals surface area contributed by atoms with Gasteiger partial charge in [0.25, 0.3) is 5.56 Å². The Morgan fingerprint density at radius 3 is 2.81 bits per heavy atom. The van der Waals surface area contributed by atoms with Gasteiger partial charge in [-0.3, -0.25) is 14.5 Å². The molecule has 0 radical (unpaired) electrons. The van der Waals surface area contributed by atoms with Crippen molar-refractivity contribution in [2.45, 2.75) is 57.3 Å². The number of aliphatic hydroxyl groups is 1. The number of pyridine rings is 1. The van der Waals surface area contributed by atoms with Crippen LogP contribution in [0, 0.1) is 5.92 Å². The van der Waals surface area contributed by atoms with Crippen molar-refractivity contribution in [3.8, 4) is 0 Å². The van der Waals surface area contributed by atoms with E-state index in [9.17, 15) is 14.7 Å². The van der Waals surface area contributed by atoms with E-state index in [2.05, 4.69) is 21.2 Å². The van der Waals surface area contributed by atoms with E-state index in [-0.39, 0.29) is 30.0 Å². The highest BCUT2D eigenvalue weighted by Gasteiger charge is 2.36. The minimum absolute atomic E-state index is 0.100. The summed E-state index contributed by atoms with van der Waals surface area (Å²) in [5.74, 6) is 0.681. The standard InChI is InChI=1S/C22H30N6O3/c29-13-19-2-1-6-26(19)11-17-3-4-20-18-8-16(10-28(20)22(17)31)9-27(12-18)21(30)5-7-25-14-23-24-15-25/h3-4,14-16,18-19,29H,1-2,5-13H2/t16-,18+,19-/m0/s1. The Kier molecular flexibility index (Phi) is 5.62. The molecule has 166 valence electrons. The second-order valence-electron chi connectivity index (χ2n) is 9.20. The average Bonchev–Trinajstić information content (AvgIpc) is 3.46. The van der Waals surface area contributed by atoms with Crippen LogP contribution in [0.1, 0.15) is 42.9 Å². The lowest BCUT2D eigenvalue weighted by molar-refractivity contribution is -0.134. The van der Waals surface area contributed by atoms with Gasteiger partial charge in [0.15, 0.2) is 0 Å². The first-order chi connectivity index (χ1) is 15.1. The maximum absolute atomic E-state index is 13.3. The van der Waals surface area contributed by atoms with E-state index in [0.717, 1.165) is 37.1 Å². The summed E-state index contributed by atoms with van der Waals surface area (Å²) < 4.78 is 3.78. The number of amides is 1. The summed E-state index contributed by atoms with van der Waals surface area (Å²) in [5, 5.41) is 17.1. The first-order valence-electron chi connectivity index (χ1n) is 11.3. The van der Waals surface area contributed by atoms with Crippen molar-refractivity contribution in [3.63, 3.8) is 0 Å². The van der Waals surface area contributed by atoms with Crippen molar-refractivity contribution in [3.05, 3.63) is 46.4 Å². The number of rotatable bonds is 6. The van der Waals surface area contributed by atoms with Crippen LogP contribution in [0.3, 0.4) is 0 Å². The number of fused-ring (bicyclic) bond motifs is 4. The summed E-state index contributed by atoms with van der Waals surface area (Å²) in [6, 6.07) is 4.22. The molecule has 5 rings (SSSR count). The fourth-order valence-electron chi connectivity index (χ4n) is 5.56. The zero-order valence-corrected chi connectivity index (χ0v) is 17.8. The van der Waals surface area contributed by atoms with Crippen LogP contribution < -0.4 is 5.56 Å². The van der Waals surface area contributed by atoms with Gasteiger partial charge >= 0.3 is 0 Å². The number of hydrogen-bond acceptors (Lipinski definition) is 6. The predicted octanol–water partition coefficient (Wildman–Crippen LogP) is 0.433. The normalized spacial score (nSPS) is 25.6. The molecular weight excluding hydrogens is 396 g/mol. The minimum atomic E-state index is 0.100. The summed E-state index contributed by atoms with van der Waals surface area (Å²) in [6.07, 6.45) is 6.79. The second kappa shape index (κ2) is 8.55. The molecule has 3 atom stereocenters. The Hall–Kier alpha value is -2.52. The van der Waals surface area contributed by atoms with Crippen molar-refractivity contribution in [2.75, 3.05) is 26.2 Å². The molecule has 2 aromatic heterocycles. The summed E-state index contributed by atoms with van der Waals surface area (Å²) in [6.45, 7) is 4.34. The summed E-state index contributed by atoms with van der Waals surface area (Å²) >= 11 is 0. The van der Waals surface area contributed by atoms with Crippen molar-refractivity contribution in [1.82, 2.24) is 29.1 Å². The predicted molar refractivity (Wildman–Crippen MR) is 113 cm³/mol. The third-order valence-electron chi connectivity index (χ3n) is 7.17. The lowest BCUT2D eigenvalue weighted by Crippen LogP contribution is -2.49. The highest BCUT2D eigenvalue weighted by molar-refractivity contribution is 5.76. The number of hydrogen-bond donors (Lipinski definition) is 1. The van der Waals surface area contributed by atoms with E-state index in [0.29, 0.717) is 45.1 Å². The number of aryl methyl sites for hydroxylation is 1. The molecule has 2 aromatic rings. The lowest BCUT2D eigenvalue weighted by atomic mass is 9.83. The Labute approximate surface area is 181 Å². The van der Waals surface area contributed by atoms with Gasteiger partial charge in [0, 0.05) is 62.4 Å². The number of nitrogens with zero attached hydrogens (tertiary/aromatic N) is 6. The monoisotopic (exact) mass is 426 g/mol. The molecule has 0 spiro atoms. The average molecular weight is 427 g/mol. The smallest absolute Gasteiger partial charge is 0.255 e. The van der Waals surface area contributed by atoms with Gasteiger partial charge in [-0.25, -0.2) is 0 Å². The van der Waals surface area contributed by atoms with E-state index in [4.69, 9.17) is 0 Å². The molecule has 0 saturated carbocycles. The second-order valence-corrected chi connectivity index (χ2v) is 9.20.